The quantitative estimate of drug-likeness (QED) is 0.250. The van der Waals surface area contributed by atoms with E-state index in [9.17, 15) is 27.9 Å². The molecule has 1 amide bonds. The molecular formula is C32H30F3N3O4. The zero-order valence-electron chi connectivity index (χ0n) is 22.9. The second kappa shape index (κ2) is 11.4. The van der Waals surface area contributed by atoms with Crippen LogP contribution < -0.4 is 5.73 Å². The summed E-state index contributed by atoms with van der Waals surface area (Å²) < 4.78 is 47.7. The van der Waals surface area contributed by atoms with E-state index in [-0.39, 0.29) is 41.3 Å². The Labute approximate surface area is 240 Å². The first-order chi connectivity index (χ1) is 19.9. The van der Waals surface area contributed by atoms with Gasteiger partial charge in [0.15, 0.2) is 5.78 Å². The van der Waals surface area contributed by atoms with Crippen molar-refractivity contribution >= 4 is 34.6 Å². The number of ketones is 1. The molecule has 218 valence electrons. The summed E-state index contributed by atoms with van der Waals surface area (Å²) in [6.45, 7) is 2.62. The van der Waals surface area contributed by atoms with E-state index in [4.69, 9.17) is 10.2 Å². The number of amides is 1. The maximum atomic E-state index is 14.0. The number of hydrogen-bond donors (Lipinski definition) is 2. The van der Waals surface area contributed by atoms with Crippen molar-refractivity contribution in [3.63, 3.8) is 0 Å². The number of hydrogen-bond acceptors (Lipinski definition) is 6. The van der Waals surface area contributed by atoms with E-state index in [0.29, 0.717) is 54.0 Å². The van der Waals surface area contributed by atoms with Crippen molar-refractivity contribution in [3.8, 4) is 11.1 Å². The normalized spacial score (nSPS) is 15.4. The van der Waals surface area contributed by atoms with Gasteiger partial charge in [-0.1, -0.05) is 12.1 Å². The van der Waals surface area contributed by atoms with Crippen LogP contribution in [0, 0.1) is 0 Å². The van der Waals surface area contributed by atoms with Gasteiger partial charge in [0, 0.05) is 43.1 Å². The van der Waals surface area contributed by atoms with Crippen molar-refractivity contribution in [3.05, 3.63) is 89.3 Å². The molecule has 1 fully saturated rings. The molecule has 3 heterocycles. The van der Waals surface area contributed by atoms with Crippen LogP contribution in [0.1, 0.15) is 53.4 Å². The SMILES string of the molecule is CC1(O)CCN(C(=O)c2ccc(-c3cc(C(F)(F)F)c4oc(CCC(=O)/C=C/c5ccc(N)nc5)cc4c3)cc2)CC1. The number of benzene rings is 2. The monoisotopic (exact) mass is 577 g/mol. The van der Waals surface area contributed by atoms with Gasteiger partial charge < -0.3 is 20.2 Å². The molecule has 5 rings (SSSR count). The minimum Gasteiger partial charge on any atom is -0.460 e. The van der Waals surface area contributed by atoms with E-state index in [1.165, 1.54) is 18.3 Å². The molecule has 0 bridgehead atoms. The number of nitrogen functional groups attached to an aromatic ring is 1. The maximum absolute atomic E-state index is 14.0. The molecule has 4 aromatic rings. The van der Waals surface area contributed by atoms with Gasteiger partial charge in [-0.25, -0.2) is 4.98 Å². The maximum Gasteiger partial charge on any atom is 0.420 e. The number of likely N-dealkylation sites (tertiary alicyclic amines) is 1. The number of nitrogens with two attached hydrogens (primary N) is 1. The van der Waals surface area contributed by atoms with Gasteiger partial charge in [-0.05, 0) is 91.1 Å². The Morgan fingerprint density at radius 1 is 1.07 bits per heavy atom. The molecule has 1 saturated heterocycles. The van der Waals surface area contributed by atoms with E-state index in [2.05, 4.69) is 4.98 Å². The summed E-state index contributed by atoms with van der Waals surface area (Å²) in [6, 6.07) is 13.9. The van der Waals surface area contributed by atoms with Crippen LogP contribution in [0.3, 0.4) is 0 Å². The predicted octanol–water partition coefficient (Wildman–Crippen LogP) is 6.30. The Bertz CT molecular complexity index is 1630. The molecule has 0 unspecified atom stereocenters. The van der Waals surface area contributed by atoms with E-state index < -0.39 is 17.3 Å². The van der Waals surface area contributed by atoms with Crippen LogP contribution in [0.2, 0.25) is 0 Å². The smallest absolute Gasteiger partial charge is 0.420 e. The predicted molar refractivity (Wildman–Crippen MR) is 153 cm³/mol. The zero-order chi connectivity index (χ0) is 30.1. The number of nitrogens with zero attached hydrogens (tertiary/aromatic N) is 2. The number of aromatic nitrogens is 1. The van der Waals surface area contributed by atoms with Gasteiger partial charge in [0.05, 0.1) is 11.2 Å². The van der Waals surface area contributed by atoms with Crippen molar-refractivity contribution in [2.24, 2.45) is 0 Å². The van der Waals surface area contributed by atoms with Crippen LogP contribution in [-0.4, -0.2) is 45.4 Å². The van der Waals surface area contributed by atoms with Crippen LogP contribution in [0.15, 0.2) is 71.3 Å². The van der Waals surface area contributed by atoms with Crippen molar-refractivity contribution in [2.75, 3.05) is 18.8 Å². The summed E-state index contributed by atoms with van der Waals surface area (Å²) in [5, 5.41) is 10.4. The van der Waals surface area contributed by atoms with Gasteiger partial charge in [-0.15, -0.1) is 0 Å². The fourth-order valence-electron chi connectivity index (χ4n) is 4.92. The van der Waals surface area contributed by atoms with Crippen LogP contribution in [-0.2, 0) is 17.4 Å². The Morgan fingerprint density at radius 3 is 2.43 bits per heavy atom. The highest BCUT2D eigenvalue weighted by atomic mass is 19.4. The summed E-state index contributed by atoms with van der Waals surface area (Å²) in [6.07, 6.45) is 0.993. The molecule has 3 N–H and O–H groups in total. The number of carbonyl (C=O) groups excluding carboxylic acids is 2. The van der Waals surface area contributed by atoms with Gasteiger partial charge >= 0.3 is 6.18 Å². The van der Waals surface area contributed by atoms with Crippen molar-refractivity contribution in [1.82, 2.24) is 9.88 Å². The van der Waals surface area contributed by atoms with E-state index in [1.54, 1.807) is 60.4 Å². The Balaban J connectivity index is 1.33. The van der Waals surface area contributed by atoms with Gasteiger partial charge in [0.2, 0.25) is 0 Å². The zero-order valence-corrected chi connectivity index (χ0v) is 22.9. The number of furan rings is 1. The molecule has 1 aliphatic rings. The minimum atomic E-state index is -4.67. The molecule has 10 heteroatoms. The third-order valence-electron chi connectivity index (χ3n) is 7.45. The second-order valence-corrected chi connectivity index (χ2v) is 10.8. The van der Waals surface area contributed by atoms with E-state index in [1.807, 2.05) is 0 Å². The lowest BCUT2D eigenvalue weighted by atomic mass is 9.93. The first kappa shape index (κ1) is 29.1. The number of halogens is 3. The summed E-state index contributed by atoms with van der Waals surface area (Å²) in [5.74, 6) is 0.234. The molecule has 2 aromatic carbocycles. The summed E-state index contributed by atoms with van der Waals surface area (Å²) >= 11 is 0. The highest BCUT2D eigenvalue weighted by molar-refractivity contribution is 5.95. The Kier molecular flexibility index (Phi) is 7.92. The van der Waals surface area contributed by atoms with Gasteiger partial charge in [-0.3, -0.25) is 9.59 Å². The number of rotatable bonds is 7. The summed E-state index contributed by atoms with van der Waals surface area (Å²) in [4.78, 5) is 30.9. The number of piperidine rings is 1. The summed E-state index contributed by atoms with van der Waals surface area (Å²) in [5.41, 5.74) is 5.53. The number of alkyl halides is 3. The minimum absolute atomic E-state index is 0.0526. The average molecular weight is 578 g/mol. The second-order valence-electron chi connectivity index (χ2n) is 10.8. The molecular weight excluding hydrogens is 547 g/mol. The van der Waals surface area contributed by atoms with Gasteiger partial charge in [-0.2, -0.15) is 13.2 Å². The van der Waals surface area contributed by atoms with Crippen molar-refractivity contribution in [1.29, 1.82) is 0 Å². The van der Waals surface area contributed by atoms with Crippen LogP contribution >= 0.6 is 0 Å². The first-order valence-corrected chi connectivity index (χ1v) is 13.6. The van der Waals surface area contributed by atoms with Crippen LogP contribution in [0.5, 0.6) is 0 Å². The average Bonchev–Trinajstić information content (AvgIpc) is 3.37. The highest BCUT2D eigenvalue weighted by Gasteiger charge is 2.35. The molecule has 0 radical (unpaired) electrons. The number of aryl methyl sites for hydroxylation is 1. The highest BCUT2D eigenvalue weighted by Crippen LogP contribution is 2.39. The number of allylic oxidation sites excluding steroid dienone is 1. The standard InChI is InChI=1S/C32H30F3N3O4/c1-31(41)12-14-38(15-13-31)30(40)22-6-4-21(5-7-22)23-16-24-17-26(42-29(24)27(18-23)32(33,34)35)10-9-25(39)8-2-20-3-11-28(36)37-19-20/h2-8,11,16-19,41H,9-10,12-15H2,1H3,(H2,36,37)/b8-2+. The molecule has 0 aliphatic carbocycles. The first-order valence-electron chi connectivity index (χ1n) is 13.6. The van der Waals surface area contributed by atoms with E-state index >= 15 is 0 Å². The van der Waals surface area contributed by atoms with Crippen molar-refractivity contribution < 1.29 is 32.3 Å². The van der Waals surface area contributed by atoms with Crippen molar-refractivity contribution in [2.45, 2.75) is 44.4 Å². The van der Waals surface area contributed by atoms with Gasteiger partial charge in [0.1, 0.15) is 17.2 Å². The number of aliphatic hydroxyl groups is 1. The Morgan fingerprint density at radius 2 is 1.79 bits per heavy atom. The third kappa shape index (κ3) is 6.71. The summed E-state index contributed by atoms with van der Waals surface area (Å²) in [7, 11) is 0. The molecule has 42 heavy (non-hydrogen) atoms. The third-order valence-corrected chi connectivity index (χ3v) is 7.45. The van der Waals surface area contributed by atoms with Crippen LogP contribution in [0.4, 0.5) is 19.0 Å². The lowest BCUT2D eigenvalue weighted by molar-refractivity contribution is -0.136. The molecule has 0 atom stereocenters. The molecule has 0 spiro atoms. The molecule has 0 saturated carbocycles. The van der Waals surface area contributed by atoms with Crippen LogP contribution in [0.25, 0.3) is 28.2 Å². The molecule has 7 nitrogen and oxygen atoms in total. The molecule has 2 aromatic heterocycles. The number of carbonyl (C=O) groups is 2. The fourth-order valence-corrected chi connectivity index (χ4v) is 4.92. The Hall–Kier alpha value is -4.44. The molecule has 1 aliphatic heterocycles. The number of anilines is 1. The topological polar surface area (TPSA) is 110 Å². The lowest BCUT2D eigenvalue weighted by Crippen LogP contribution is -2.45. The van der Waals surface area contributed by atoms with Gasteiger partial charge in [0.25, 0.3) is 5.91 Å². The fraction of sp³-hybridized carbons (Fsp3) is 0.281. The number of fused-ring (bicyclic) bond motifs is 1. The lowest BCUT2D eigenvalue weighted by Gasteiger charge is -2.35. The largest absolute Gasteiger partial charge is 0.460 e. The number of pyridine rings is 1. The van der Waals surface area contributed by atoms with E-state index in [0.717, 1.165) is 6.07 Å².